The van der Waals surface area contributed by atoms with Crippen molar-refractivity contribution in [3.05, 3.63) is 86.1 Å². The second-order valence-electron chi connectivity index (χ2n) is 9.11. The average molecular weight is 660 g/mol. The minimum Gasteiger partial charge on any atom is -0.480 e. The molecule has 10 nitrogen and oxygen atoms in total. The van der Waals surface area contributed by atoms with Crippen LogP contribution in [0.4, 0.5) is 5.69 Å². The summed E-state index contributed by atoms with van der Waals surface area (Å²) in [4.78, 5) is 41.4. The van der Waals surface area contributed by atoms with E-state index in [2.05, 4.69) is 15.6 Å². The van der Waals surface area contributed by atoms with Crippen LogP contribution < -0.4 is 10.6 Å². The first kappa shape index (κ1) is 31.0. The molecule has 1 fully saturated rings. The molecule has 2 atom stereocenters. The van der Waals surface area contributed by atoms with E-state index < -0.39 is 39.9 Å². The van der Waals surface area contributed by atoms with Gasteiger partial charge in [-0.25, -0.2) is 13.2 Å². The molecule has 2 amide bonds. The summed E-state index contributed by atoms with van der Waals surface area (Å²) < 4.78 is 27.6. The van der Waals surface area contributed by atoms with Gasteiger partial charge < -0.3 is 15.7 Å². The number of hydrogen-bond donors (Lipinski definition) is 3. The smallest absolute Gasteiger partial charge is 0.326 e. The Morgan fingerprint density at radius 2 is 1.61 bits per heavy atom. The number of aromatic nitrogens is 1. The van der Waals surface area contributed by atoms with Crippen LogP contribution in [0, 0.1) is 0 Å². The number of aliphatic carboxylic acids is 1. The molecule has 2 heterocycles. The molecular weight excluding hydrogens is 638 g/mol. The van der Waals surface area contributed by atoms with Crippen LogP contribution in [0.15, 0.2) is 59.8 Å². The van der Waals surface area contributed by atoms with Gasteiger partial charge in [0.1, 0.15) is 12.1 Å². The highest BCUT2D eigenvalue weighted by Crippen LogP contribution is 2.30. The Morgan fingerprint density at radius 1 is 1.00 bits per heavy atom. The van der Waals surface area contributed by atoms with Crippen LogP contribution in [-0.2, 0) is 26.0 Å². The molecule has 2 aromatic carbocycles. The lowest BCUT2D eigenvalue weighted by Crippen LogP contribution is -2.51. The largest absolute Gasteiger partial charge is 0.480 e. The van der Waals surface area contributed by atoms with Crippen molar-refractivity contribution in [2.24, 2.45) is 0 Å². The van der Waals surface area contributed by atoms with Gasteiger partial charge in [0.25, 0.3) is 5.91 Å². The molecule has 216 valence electrons. The SMILES string of the molecule is O=C(Nc1ccc(C[C@H](NC(=O)[C@@H]2CCCN2S(=O)(=O)c2cc(Cl)cc(Cl)c2)C(=O)O)cc1)c1c(Cl)cncc1Cl. The number of carbonyl (C=O) groups excluding carboxylic acids is 2. The minimum atomic E-state index is -4.13. The summed E-state index contributed by atoms with van der Waals surface area (Å²) in [6.45, 7) is 0.0748. The summed E-state index contributed by atoms with van der Waals surface area (Å²) in [6.07, 6.45) is 3.11. The van der Waals surface area contributed by atoms with E-state index in [1.165, 1.54) is 30.6 Å². The van der Waals surface area contributed by atoms with Crippen molar-refractivity contribution in [1.82, 2.24) is 14.6 Å². The Hall–Kier alpha value is -2.93. The van der Waals surface area contributed by atoms with E-state index in [9.17, 15) is 27.9 Å². The molecule has 1 aromatic heterocycles. The van der Waals surface area contributed by atoms with E-state index in [-0.39, 0.29) is 49.9 Å². The number of rotatable bonds is 9. The number of sulfonamides is 1. The highest BCUT2D eigenvalue weighted by Gasteiger charge is 2.40. The third-order valence-corrected chi connectivity index (χ3v) is 9.19. The fraction of sp³-hybridized carbons (Fsp3) is 0.231. The molecule has 1 aliphatic heterocycles. The summed E-state index contributed by atoms with van der Waals surface area (Å²) in [6, 6.07) is 7.69. The molecule has 1 aliphatic rings. The topological polar surface area (TPSA) is 146 Å². The maximum Gasteiger partial charge on any atom is 0.326 e. The predicted octanol–water partition coefficient (Wildman–Crippen LogP) is 4.91. The number of amides is 2. The summed E-state index contributed by atoms with van der Waals surface area (Å²) in [5.74, 6) is -2.59. The molecule has 0 radical (unpaired) electrons. The number of hydrogen-bond acceptors (Lipinski definition) is 6. The number of nitrogens with one attached hydrogen (secondary N) is 2. The molecule has 15 heteroatoms. The summed E-state index contributed by atoms with van der Waals surface area (Å²) in [5.41, 5.74) is 0.995. The Bertz CT molecular complexity index is 1560. The van der Waals surface area contributed by atoms with E-state index in [1.54, 1.807) is 24.3 Å². The molecule has 0 aliphatic carbocycles. The van der Waals surface area contributed by atoms with Crippen LogP contribution in [0.1, 0.15) is 28.8 Å². The third-order valence-electron chi connectivity index (χ3n) is 6.30. The molecular formula is C26H22Cl4N4O6S. The first-order valence-electron chi connectivity index (χ1n) is 12.1. The van der Waals surface area contributed by atoms with Gasteiger partial charge >= 0.3 is 5.97 Å². The number of carboxylic acids is 1. The lowest BCUT2D eigenvalue weighted by molar-refractivity contribution is -0.142. The molecule has 0 saturated carbocycles. The first-order valence-corrected chi connectivity index (χ1v) is 15.0. The van der Waals surface area contributed by atoms with Crippen LogP contribution in [0.5, 0.6) is 0 Å². The monoisotopic (exact) mass is 658 g/mol. The van der Waals surface area contributed by atoms with Crippen molar-refractivity contribution < 1.29 is 27.9 Å². The quantitative estimate of drug-likeness (QED) is 0.296. The van der Waals surface area contributed by atoms with E-state index in [0.29, 0.717) is 17.7 Å². The normalized spacial score (nSPS) is 16.2. The fourth-order valence-electron chi connectivity index (χ4n) is 4.35. The maximum atomic E-state index is 13.3. The molecule has 0 unspecified atom stereocenters. The van der Waals surface area contributed by atoms with Crippen LogP contribution in [0.2, 0.25) is 20.1 Å². The van der Waals surface area contributed by atoms with E-state index >= 15 is 0 Å². The molecule has 0 bridgehead atoms. The summed E-state index contributed by atoms with van der Waals surface area (Å²) in [7, 11) is -4.13. The fourth-order valence-corrected chi connectivity index (χ4v) is 7.27. The Morgan fingerprint density at radius 3 is 2.20 bits per heavy atom. The second-order valence-corrected chi connectivity index (χ2v) is 12.7. The van der Waals surface area contributed by atoms with Crippen molar-refractivity contribution in [2.75, 3.05) is 11.9 Å². The zero-order valence-electron chi connectivity index (χ0n) is 21.0. The number of benzene rings is 2. The van der Waals surface area contributed by atoms with Gasteiger partial charge in [-0.2, -0.15) is 4.31 Å². The van der Waals surface area contributed by atoms with Crippen molar-refractivity contribution in [2.45, 2.75) is 36.2 Å². The number of pyridine rings is 1. The Balaban J connectivity index is 1.44. The number of carbonyl (C=O) groups is 3. The van der Waals surface area contributed by atoms with Crippen LogP contribution in [-0.4, -0.2) is 59.2 Å². The van der Waals surface area contributed by atoms with Crippen LogP contribution in [0.25, 0.3) is 0 Å². The number of anilines is 1. The van der Waals surface area contributed by atoms with Gasteiger partial charge in [0.2, 0.25) is 15.9 Å². The van der Waals surface area contributed by atoms with Gasteiger partial charge in [0.15, 0.2) is 0 Å². The predicted molar refractivity (Wildman–Crippen MR) is 155 cm³/mol. The Kier molecular flexibility index (Phi) is 9.78. The highest BCUT2D eigenvalue weighted by molar-refractivity contribution is 7.89. The standard InChI is InChI=1S/C26H22Cl4N4O6S/c27-15-9-16(28)11-18(10-15)41(39,40)34-7-1-2-22(34)24(35)33-21(26(37)38)8-14-3-5-17(6-4-14)32-25(36)23-19(29)12-31-13-20(23)30/h3-6,9-13,21-22H,1-2,7-8H2,(H,32,36)(H,33,35)(H,37,38)/t21-,22-/m0/s1. The highest BCUT2D eigenvalue weighted by atomic mass is 35.5. The molecule has 3 N–H and O–H groups in total. The van der Waals surface area contributed by atoms with Gasteiger partial charge in [-0.3, -0.25) is 14.6 Å². The van der Waals surface area contributed by atoms with Crippen molar-refractivity contribution in [1.29, 1.82) is 0 Å². The molecule has 1 saturated heterocycles. The van der Waals surface area contributed by atoms with Gasteiger partial charge in [-0.1, -0.05) is 58.5 Å². The average Bonchev–Trinajstić information content (AvgIpc) is 3.40. The van der Waals surface area contributed by atoms with Crippen molar-refractivity contribution >= 4 is 79.9 Å². The van der Waals surface area contributed by atoms with Crippen molar-refractivity contribution in [3.63, 3.8) is 0 Å². The maximum absolute atomic E-state index is 13.3. The zero-order valence-corrected chi connectivity index (χ0v) is 24.8. The summed E-state index contributed by atoms with van der Waals surface area (Å²) >= 11 is 24.0. The van der Waals surface area contributed by atoms with Crippen molar-refractivity contribution in [3.8, 4) is 0 Å². The lowest BCUT2D eigenvalue weighted by Gasteiger charge is -2.25. The second kappa shape index (κ2) is 12.9. The number of nitrogens with zero attached hydrogens (tertiary/aromatic N) is 2. The van der Waals surface area contributed by atoms with Crippen LogP contribution >= 0.6 is 46.4 Å². The van der Waals surface area contributed by atoms with Gasteiger partial charge in [-0.15, -0.1) is 0 Å². The molecule has 41 heavy (non-hydrogen) atoms. The van der Waals surface area contributed by atoms with E-state index in [1.807, 2.05) is 0 Å². The third kappa shape index (κ3) is 7.29. The zero-order chi connectivity index (χ0) is 29.9. The molecule has 3 aromatic rings. The summed E-state index contributed by atoms with van der Waals surface area (Å²) in [5, 5.41) is 15.3. The lowest BCUT2D eigenvalue weighted by atomic mass is 10.0. The van der Waals surface area contributed by atoms with Gasteiger partial charge in [0, 0.05) is 41.1 Å². The number of carboxylic acid groups (broad SMARTS) is 1. The minimum absolute atomic E-state index is 0.0579. The first-order chi connectivity index (χ1) is 19.4. The van der Waals surface area contributed by atoms with Gasteiger partial charge in [0.05, 0.1) is 20.5 Å². The van der Waals surface area contributed by atoms with Gasteiger partial charge in [-0.05, 0) is 48.7 Å². The van der Waals surface area contributed by atoms with E-state index in [4.69, 9.17) is 46.4 Å². The molecule has 0 spiro atoms. The van der Waals surface area contributed by atoms with E-state index in [0.717, 1.165) is 4.31 Å². The Labute approximate surface area is 255 Å². The van der Waals surface area contributed by atoms with Crippen LogP contribution in [0.3, 0.4) is 0 Å². The molecule has 4 rings (SSSR count). The number of halogens is 4.